The fourth-order valence-electron chi connectivity index (χ4n) is 3.37. The Hall–Kier alpha value is -1.73. The minimum absolute atomic E-state index is 0.0845. The van der Waals surface area contributed by atoms with Crippen molar-refractivity contribution in [1.82, 2.24) is 25.4 Å². The summed E-state index contributed by atoms with van der Waals surface area (Å²) in [5.74, 6) is 1.64. The number of rotatable bonds is 7. The topological polar surface area (TPSA) is 83.1 Å². The van der Waals surface area contributed by atoms with Crippen molar-refractivity contribution in [3.63, 3.8) is 0 Å². The van der Waals surface area contributed by atoms with Crippen LogP contribution in [0, 0.1) is 0 Å². The van der Waals surface area contributed by atoms with Crippen molar-refractivity contribution in [2.45, 2.75) is 51.6 Å². The number of ether oxygens (including phenoxy) is 1. The van der Waals surface area contributed by atoms with Crippen molar-refractivity contribution in [2.75, 3.05) is 32.8 Å². The van der Waals surface area contributed by atoms with Crippen LogP contribution in [0.4, 0.5) is 0 Å². The Balaban J connectivity index is 1.40. The number of carbonyl (C=O) groups is 1. The van der Waals surface area contributed by atoms with Gasteiger partial charge in [0.15, 0.2) is 5.82 Å². The molecule has 2 aliphatic rings. The zero-order valence-electron chi connectivity index (χ0n) is 15.1. The first-order chi connectivity index (χ1) is 12.2. The van der Waals surface area contributed by atoms with Gasteiger partial charge in [0.1, 0.15) is 11.9 Å². The smallest absolute Gasteiger partial charge is 0.234 e. The maximum absolute atomic E-state index is 12.2. The average molecular weight is 347 g/mol. The number of aromatic amines is 1. The van der Waals surface area contributed by atoms with Crippen LogP contribution in [0.5, 0.6) is 0 Å². The van der Waals surface area contributed by atoms with Crippen molar-refractivity contribution in [1.29, 1.82) is 0 Å². The molecule has 7 heteroatoms. The highest BCUT2D eigenvalue weighted by molar-refractivity contribution is 5.78. The number of nitrogens with one attached hydrogen (secondary N) is 2. The molecule has 0 radical (unpaired) electrons. The van der Waals surface area contributed by atoms with Crippen LogP contribution in [-0.2, 0) is 16.0 Å². The van der Waals surface area contributed by atoms with E-state index in [9.17, 15) is 4.79 Å². The van der Waals surface area contributed by atoms with E-state index in [0.29, 0.717) is 25.5 Å². The average Bonchev–Trinajstić information content (AvgIpc) is 3.12. The van der Waals surface area contributed by atoms with Gasteiger partial charge < -0.3 is 10.1 Å². The molecule has 0 spiro atoms. The van der Waals surface area contributed by atoms with E-state index < -0.39 is 0 Å². The second-order valence-electron chi connectivity index (χ2n) is 6.80. The third-order valence-corrected chi connectivity index (χ3v) is 4.84. The molecule has 2 heterocycles. The third kappa shape index (κ3) is 5.37. The largest absolute Gasteiger partial charge is 0.367 e. The van der Waals surface area contributed by atoms with Gasteiger partial charge in [-0.1, -0.05) is 18.6 Å². The van der Waals surface area contributed by atoms with Gasteiger partial charge in [-0.2, -0.15) is 5.10 Å². The van der Waals surface area contributed by atoms with Crippen molar-refractivity contribution >= 4 is 5.91 Å². The molecule has 0 aromatic carbocycles. The van der Waals surface area contributed by atoms with Crippen molar-refractivity contribution in [3.05, 3.63) is 23.3 Å². The molecule has 1 amide bonds. The summed E-state index contributed by atoms with van der Waals surface area (Å²) >= 11 is 0. The van der Waals surface area contributed by atoms with Crippen LogP contribution in [0.25, 0.3) is 0 Å². The van der Waals surface area contributed by atoms with Crippen LogP contribution in [0.1, 0.15) is 56.8 Å². The van der Waals surface area contributed by atoms with Crippen LogP contribution in [0.3, 0.4) is 0 Å². The lowest BCUT2D eigenvalue weighted by Gasteiger charge is -2.31. The molecule has 3 rings (SSSR count). The molecule has 1 aliphatic carbocycles. The van der Waals surface area contributed by atoms with Gasteiger partial charge in [0.2, 0.25) is 5.91 Å². The van der Waals surface area contributed by atoms with E-state index in [-0.39, 0.29) is 12.0 Å². The predicted octanol–water partition coefficient (Wildman–Crippen LogP) is 1.75. The number of allylic oxidation sites excluding steroid dienone is 1. The Morgan fingerprint density at radius 2 is 2.40 bits per heavy atom. The SMILES string of the molecule is CCc1nc(C2CN(CC(=O)NCCC3=CCCCC3)CCO2)n[nH]1. The minimum atomic E-state index is -0.162. The maximum Gasteiger partial charge on any atom is 0.234 e. The number of hydrogen-bond acceptors (Lipinski definition) is 5. The lowest BCUT2D eigenvalue weighted by atomic mass is 9.97. The molecule has 1 fully saturated rings. The van der Waals surface area contributed by atoms with Crippen molar-refractivity contribution in [2.24, 2.45) is 0 Å². The van der Waals surface area contributed by atoms with Crippen molar-refractivity contribution in [3.8, 4) is 0 Å². The molecular formula is C18H29N5O2. The molecule has 0 saturated carbocycles. The molecule has 1 aliphatic heterocycles. The number of aromatic nitrogens is 3. The van der Waals surface area contributed by atoms with Gasteiger partial charge in [0.25, 0.3) is 0 Å². The summed E-state index contributed by atoms with van der Waals surface area (Å²) in [5.41, 5.74) is 1.49. The van der Waals surface area contributed by atoms with Crippen LogP contribution >= 0.6 is 0 Å². The molecule has 25 heavy (non-hydrogen) atoms. The highest BCUT2D eigenvalue weighted by Crippen LogP contribution is 2.20. The summed E-state index contributed by atoms with van der Waals surface area (Å²) < 4.78 is 5.77. The molecule has 0 bridgehead atoms. The lowest BCUT2D eigenvalue weighted by molar-refractivity contribution is -0.124. The molecule has 1 unspecified atom stereocenters. The zero-order valence-corrected chi connectivity index (χ0v) is 15.1. The number of nitrogens with zero attached hydrogens (tertiary/aromatic N) is 3. The van der Waals surface area contributed by atoms with Gasteiger partial charge in [-0.15, -0.1) is 0 Å². The quantitative estimate of drug-likeness (QED) is 0.734. The number of amides is 1. The van der Waals surface area contributed by atoms with E-state index in [1.54, 1.807) is 0 Å². The number of aryl methyl sites for hydroxylation is 1. The van der Waals surface area contributed by atoms with Crippen LogP contribution < -0.4 is 5.32 Å². The van der Waals surface area contributed by atoms with Gasteiger partial charge in [-0.25, -0.2) is 4.98 Å². The molecule has 1 atom stereocenters. The van der Waals surface area contributed by atoms with Gasteiger partial charge >= 0.3 is 0 Å². The first-order valence-corrected chi connectivity index (χ1v) is 9.44. The summed E-state index contributed by atoms with van der Waals surface area (Å²) in [6.45, 7) is 5.19. The van der Waals surface area contributed by atoms with Crippen LogP contribution in [0.2, 0.25) is 0 Å². The van der Waals surface area contributed by atoms with Gasteiger partial charge in [-0.05, 0) is 32.1 Å². The van der Waals surface area contributed by atoms with E-state index in [1.807, 2.05) is 6.92 Å². The van der Waals surface area contributed by atoms with Gasteiger partial charge in [-0.3, -0.25) is 14.8 Å². The summed E-state index contributed by atoms with van der Waals surface area (Å²) in [5, 5.41) is 10.2. The normalized spacial score (nSPS) is 21.8. The van der Waals surface area contributed by atoms with E-state index in [0.717, 1.165) is 31.8 Å². The molecule has 1 saturated heterocycles. The fraction of sp³-hybridized carbons (Fsp3) is 0.722. The Morgan fingerprint density at radius 1 is 1.48 bits per heavy atom. The number of H-pyrrole nitrogens is 1. The summed E-state index contributed by atoms with van der Waals surface area (Å²) in [4.78, 5) is 18.8. The van der Waals surface area contributed by atoms with E-state index in [4.69, 9.17) is 4.74 Å². The zero-order chi connectivity index (χ0) is 17.5. The Labute approximate surface area is 149 Å². The molecule has 1 aromatic heterocycles. The number of morpholine rings is 1. The van der Waals surface area contributed by atoms with E-state index in [2.05, 4.69) is 31.5 Å². The highest BCUT2D eigenvalue weighted by atomic mass is 16.5. The summed E-state index contributed by atoms with van der Waals surface area (Å²) in [7, 11) is 0. The minimum Gasteiger partial charge on any atom is -0.367 e. The molecule has 7 nitrogen and oxygen atoms in total. The monoisotopic (exact) mass is 347 g/mol. The molecule has 2 N–H and O–H groups in total. The first-order valence-electron chi connectivity index (χ1n) is 9.44. The molecule has 138 valence electrons. The van der Waals surface area contributed by atoms with E-state index >= 15 is 0 Å². The Bertz CT molecular complexity index is 598. The van der Waals surface area contributed by atoms with Crippen molar-refractivity contribution < 1.29 is 9.53 Å². The fourth-order valence-corrected chi connectivity index (χ4v) is 3.37. The number of carbonyl (C=O) groups excluding carboxylic acids is 1. The van der Waals surface area contributed by atoms with Crippen LogP contribution in [-0.4, -0.2) is 58.8 Å². The number of hydrogen-bond donors (Lipinski definition) is 2. The standard InChI is InChI=1S/C18H29N5O2/c1-2-16-20-18(22-21-16)15-12-23(10-11-25-15)13-17(24)19-9-8-14-6-4-3-5-7-14/h6,15H,2-5,7-13H2,1H3,(H,19,24)(H,20,21,22). The lowest BCUT2D eigenvalue weighted by Crippen LogP contribution is -2.44. The second kappa shape index (κ2) is 9.10. The first kappa shape index (κ1) is 18.1. The maximum atomic E-state index is 12.2. The third-order valence-electron chi connectivity index (χ3n) is 4.84. The van der Waals surface area contributed by atoms with Gasteiger partial charge in [0, 0.05) is 26.1 Å². The molecular weight excluding hydrogens is 318 g/mol. The van der Waals surface area contributed by atoms with Crippen LogP contribution in [0.15, 0.2) is 11.6 Å². The Kier molecular flexibility index (Phi) is 6.58. The molecule has 1 aromatic rings. The van der Waals surface area contributed by atoms with E-state index in [1.165, 1.54) is 31.3 Å². The second-order valence-corrected chi connectivity index (χ2v) is 6.80. The summed E-state index contributed by atoms with van der Waals surface area (Å²) in [6.07, 6.45) is 8.96. The predicted molar refractivity (Wildman–Crippen MR) is 95.1 cm³/mol. The van der Waals surface area contributed by atoms with Gasteiger partial charge in [0.05, 0.1) is 13.2 Å². The summed E-state index contributed by atoms with van der Waals surface area (Å²) in [6, 6.07) is 0. The Morgan fingerprint density at radius 3 is 3.16 bits per heavy atom. The highest BCUT2D eigenvalue weighted by Gasteiger charge is 2.26.